The molecule has 3 heteroatoms. The molecule has 1 aromatic rings. The summed E-state index contributed by atoms with van der Waals surface area (Å²) in [5.74, 6) is 1.12. The predicted molar refractivity (Wildman–Crippen MR) is 45.6 cm³/mol. The standard InChI is InChI=1S/C9H7NO2/c10-5-4-7-2-1-3-8(6-7)9(11)12/h1-4,6,10H,(H,11,12). The second-order valence-electron chi connectivity index (χ2n) is 2.22. The molecule has 0 heterocycles. The van der Waals surface area contributed by atoms with Crippen LogP contribution >= 0.6 is 0 Å². The molecule has 0 bridgehead atoms. The summed E-state index contributed by atoms with van der Waals surface area (Å²) in [5, 5.41) is 15.3. The van der Waals surface area contributed by atoms with Gasteiger partial charge in [-0.1, -0.05) is 12.1 Å². The molecule has 3 nitrogen and oxygen atoms in total. The minimum Gasteiger partial charge on any atom is -0.478 e. The van der Waals surface area contributed by atoms with E-state index in [1.54, 1.807) is 12.1 Å². The number of rotatable bonds is 2. The van der Waals surface area contributed by atoms with Crippen molar-refractivity contribution in [3.63, 3.8) is 0 Å². The molecule has 0 spiro atoms. The average Bonchev–Trinajstić information content (AvgIpc) is 2.05. The van der Waals surface area contributed by atoms with Crippen molar-refractivity contribution in [2.24, 2.45) is 0 Å². The molecule has 0 saturated heterocycles. The monoisotopic (exact) mass is 161 g/mol. The van der Waals surface area contributed by atoms with Crippen LogP contribution in [0.1, 0.15) is 15.9 Å². The Hall–Kier alpha value is -1.86. The summed E-state index contributed by atoms with van der Waals surface area (Å²) in [5.41, 5.74) is 0.893. The van der Waals surface area contributed by atoms with E-state index in [9.17, 15) is 4.79 Å². The van der Waals surface area contributed by atoms with E-state index >= 15 is 0 Å². The number of carboxylic acid groups (broad SMARTS) is 1. The van der Waals surface area contributed by atoms with E-state index in [1.165, 1.54) is 18.2 Å². The molecule has 0 amide bonds. The number of hydrogen-bond donors (Lipinski definition) is 2. The maximum Gasteiger partial charge on any atom is 0.335 e. The number of carbonyl (C=O) groups is 1. The van der Waals surface area contributed by atoms with Gasteiger partial charge in [0.15, 0.2) is 0 Å². The van der Waals surface area contributed by atoms with Crippen LogP contribution in [0.3, 0.4) is 0 Å². The highest BCUT2D eigenvalue weighted by Crippen LogP contribution is 2.05. The number of aromatic carboxylic acids is 1. The van der Waals surface area contributed by atoms with Gasteiger partial charge >= 0.3 is 5.97 Å². The maximum atomic E-state index is 10.5. The summed E-state index contributed by atoms with van der Waals surface area (Å²) in [4.78, 5) is 10.5. The fourth-order valence-electron chi connectivity index (χ4n) is 0.845. The summed E-state index contributed by atoms with van der Waals surface area (Å²) in [7, 11) is 0. The van der Waals surface area contributed by atoms with E-state index in [2.05, 4.69) is 5.87 Å². The Morgan fingerprint density at radius 2 is 2.33 bits per heavy atom. The van der Waals surface area contributed by atoms with Gasteiger partial charge in [-0.05, 0) is 23.6 Å². The smallest absolute Gasteiger partial charge is 0.335 e. The van der Waals surface area contributed by atoms with E-state index in [4.69, 9.17) is 10.5 Å². The Labute approximate surface area is 69.5 Å². The molecule has 60 valence electrons. The van der Waals surface area contributed by atoms with Crippen LogP contribution in [0.15, 0.2) is 24.3 Å². The second-order valence-corrected chi connectivity index (χ2v) is 2.22. The van der Waals surface area contributed by atoms with Crippen molar-refractivity contribution in [2.45, 2.75) is 0 Å². The molecule has 0 aliphatic heterocycles. The fraction of sp³-hybridized carbons (Fsp3) is 0. The van der Waals surface area contributed by atoms with E-state index in [-0.39, 0.29) is 5.56 Å². The van der Waals surface area contributed by atoms with Crippen LogP contribution in [0, 0.1) is 5.41 Å². The summed E-state index contributed by atoms with van der Waals surface area (Å²) in [6.07, 6.45) is 1.41. The first-order chi connectivity index (χ1) is 5.74. The van der Waals surface area contributed by atoms with Gasteiger partial charge in [-0.3, -0.25) is 5.41 Å². The van der Waals surface area contributed by atoms with Gasteiger partial charge in [0.2, 0.25) is 0 Å². The average molecular weight is 161 g/mol. The molecule has 0 saturated carbocycles. The molecule has 0 aromatic heterocycles. The van der Waals surface area contributed by atoms with Gasteiger partial charge in [-0.25, -0.2) is 4.79 Å². The zero-order valence-corrected chi connectivity index (χ0v) is 6.24. The van der Waals surface area contributed by atoms with Crippen molar-refractivity contribution >= 4 is 17.9 Å². The first-order valence-electron chi connectivity index (χ1n) is 3.33. The minimum atomic E-state index is -0.963. The molecule has 0 fully saturated rings. The Bertz CT molecular complexity index is 334. The Balaban J connectivity index is 3.11. The summed E-state index contributed by atoms with van der Waals surface area (Å²) in [6, 6.07) is 6.34. The van der Waals surface area contributed by atoms with Crippen molar-refractivity contribution in [1.29, 1.82) is 5.41 Å². The number of benzene rings is 1. The molecule has 0 radical (unpaired) electrons. The first kappa shape index (κ1) is 8.24. The number of hydrogen-bond acceptors (Lipinski definition) is 2. The SMILES string of the molecule is N=C=Cc1cccc(C(=O)O)c1. The molecule has 1 rings (SSSR count). The highest BCUT2D eigenvalue weighted by Gasteiger charge is 2.00. The lowest BCUT2D eigenvalue weighted by atomic mass is 10.1. The Morgan fingerprint density at radius 3 is 2.92 bits per heavy atom. The fourth-order valence-corrected chi connectivity index (χ4v) is 0.845. The van der Waals surface area contributed by atoms with Gasteiger partial charge in [-0.2, -0.15) is 0 Å². The third kappa shape index (κ3) is 1.81. The van der Waals surface area contributed by atoms with Crippen LogP contribution in [-0.2, 0) is 0 Å². The highest BCUT2D eigenvalue weighted by atomic mass is 16.4. The lowest BCUT2D eigenvalue weighted by Gasteiger charge is -1.94. The van der Waals surface area contributed by atoms with E-state index in [0.717, 1.165) is 0 Å². The maximum absolute atomic E-state index is 10.5. The number of carboxylic acids is 1. The lowest BCUT2D eigenvalue weighted by molar-refractivity contribution is 0.0697. The van der Waals surface area contributed by atoms with Crippen LogP contribution in [0.2, 0.25) is 0 Å². The lowest BCUT2D eigenvalue weighted by Crippen LogP contribution is -1.95. The third-order valence-electron chi connectivity index (χ3n) is 1.37. The van der Waals surface area contributed by atoms with Crippen LogP contribution < -0.4 is 0 Å². The van der Waals surface area contributed by atoms with Crippen molar-refractivity contribution in [3.05, 3.63) is 35.4 Å². The predicted octanol–water partition coefficient (Wildman–Crippen LogP) is 1.65. The quantitative estimate of drug-likeness (QED) is 0.648. The summed E-state index contributed by atoms with van der Waals surface area (Å²) < 4.78 is 0. The Kier molecular flexibility index (Phi) is 2.41. The zero-order valence-electron chi connectivity index (χ0n) is 6.24. The van der Waals surface area contributed by atoms with E-state index in [1.807, 2.05) is 0 Å². The second kappa shape index (κ2) is 3.51. The van der Waals surface area contributed by atoms with Gasteiger partial charge in [0, 0.05) is 6.08 Å². The molecule has 0 unspecified atom stereocenters. The molecule has 1 aromatic carbocycles. The van der Waals surface area contributed by atoms with E-state index < -0.39 is 5.97 Å². The highest BCUT2D eigenvalue weighted by molar-refractivity contribution is 5.89. The van der Waals surface area contributed by atoms with Gasteiger partial charge in [0.05, 0.1) is 5.56 Å². The van der Waals surface area contributed by atoms with E-state index in [0.29, 0.717) is 5.56 Å². The number of nitrogens with one attached hydrogen (secondary N) is 1. The molecule has 12 heavy (non-hydrogen) atoms. The largest absolute Gasteiger partial charge is 0.478 e. The van der Waals surface area contributed by atoms with Crippen LogP contribution in [0.25, 0.3) is 6.08 Å². The third-order valence-corrected chi connectivity index (χ3v) is 1.37. The van der Waals surface area contributed by atoms with Gasteiger partial charge in [0.25, 0.3) is 0 Å². The normalized spacial score (nSPS) is 8.67. The van der Waals surface area contributed by atoms with Gasteiger partial charge in [0.1, 0.15) is 0 Å². The van der Waals surface area contributed by atoms with Crippen molar-refractivity contribution in [3.8, 4) is 0 Å². The van der Waals surface area contributed by atoms with Crippen molar-refractivity contribution in [2.75, 3.05) is 0 Å². The zero-order chi connectivity index (χ0) is 8.97. The van der Waals surface area contributed by atoms with Gasteiger partial charge in [-0.15, -0.1) is 0 Å². The molecular weight excluding hydrogens is 154 g/mol. The topological polar surface area (TPSA) is 61.2 Å². The van der Waals surface area contributed by atoms with Crippen LogP contribution in [-0.4, -0.2) is 16.9 Å². The summed E-state index contributed by atoms with van der Waals surface area (Å²) in [6.45, 7) is 0. The summed E-state index contributed by atoms with van der Waals surface area (Å²) >= 11 is 0. The van der Waals surface area contributed by atoms with Crippen molar-refractivity contribution in [1.82, 2.24) is 0 Å². The minimum absolute atomic E-state index is 0.221. The Morgan fingerprint density at radius 1 is 1.58 bits per heavy atom. The first-order valence-corrected chi connectivity index (χ1v) is 3.33. The molecular formula is C9H7NO2. The molecule has 2 N–H and O–H groups in total. The molecule has 0 atom stereocenters. The molecule has 0 aliphatic carbocycles. The van der Waals surface area contributed by atoms with Crippen molar-refractivity contribution < 1.29 is 9.90 Å². The van der Waals surface area contributed by atoms with Crippen LogP contribution in [0.5, 0.6) is 0 Å². The van der Waals surface area contributed by atoms with Crippen LogP contribution in [0.4, 0.5) is 0 Å². The van der Waals surface area contributed by atoms with Gasteiger partial charge < -0.3 is 5.11 Å². The molecule has 0 aliphatic rings.